The van der Waals surface area contributed by atoms with Gasteiger partial charge in [0.2, 0.25) is 5.91 Å². The van der Waals surface area contributed by atoms with E-state index in [0.717, 1.165) is 17.0 Å². The van der Waals surface area contributed by atoms with Crippen LogP contribution in [-0.4, -0.2) is 16.8 Å². The predicted molar refractivity (Wildman–Crippen MR) is 125 cm³/mol. The van der Waals surface area contributed by atoms with E-state index < -0.39 is 54.1 Å². The maximum Gasteiger partial charge on any atom is 0.416 e. The van der Waals surface area contributed by atoms with E-state index in [1.165, 1.54) is 37.3 Å². The van der Waals surface area contributed by atoms with Crippen molar-refractivity contribution in [3.05, 3.63) is 118 Å². The molecule has 3 aromatic rings. The second-order valence-corrected chi connectivity index (χ2v) is 8.60. The van der Waals surface area contributed by atoms with Crippen molar-refractivity contribution in [3.63, 3.8) is 0 Å². The van der Waals surface area contributed by atoms with Crippen LogP contribution in [0, 0.1) is 11.6 Å². The third-order valence-corrected chi connectivity index (χ3v) is 6.26. The summed E-state index contributed by atoms with van der Waals surface area (Å²) >= 11 is 0. The zero-order valence-electron chi connectivity index (χ0n) is 19.7. The minimum absolute atomic E-state index is 0.0138. The van der Waals surface area contributed by atoms with Crippen LogP contribution in [0.15, 0.2) is 84.1 Å². The molecule has 1 heterocycles. The van der Waals surface area contributed by atoms with Crippen LogP contribution in [0.25, 0.3) is 0 Å². The number of ether oxygens (including phenoxy) is 1. The standard InChI is InChI=1S/C28H22F5NO3/c1-17-25(27(36)37-16-18-8-3-2-4-9-18)21(20-11-5-6-12-22(20)28(31,32)33)14-24(35)34(17)15-19-10-7-13-23(29)26(19)30/h2-13,21H,14-16H2,1H3/t21-/m0/s1. The zero-order valence-corrected chi connectivity index (χ0v) is 19.7. The normalized spacial score (nSPS) is 16.2. The topological polar surface area (TPSA) is 46.6 Å². The summed E-state index contributed by atoms with van der Waals surface area (Å²) in [7, 11) is 0. The van der Waals surface area contributed by atoms with Crippen LogP contribution < -0.4 is 0 Å². The van der Waals surface area contributed by atoms with E-state index in [2.05, 4.69) is 0 Å². The molecule has 192 valence electrons. The number of halogens is 5. The fraction of sp³-hybridized carbons (Fsp3) is 0.214. The minimum atomic E-state index is -4.73. The first-order valence-electron chi connectivity index (χ1n) is 11.4. The van der Waals surface area contributed by atoms with Crippen LogP contribution in [0.1, 0.15) is 41.5 Å². The Kier molecular flexibility index (Phi) is 7.42. The molecule has 4 nitrogen and oxygen atoms in total. The highest BCUT2D eigenvalue weighted by Crippen LogP contribution is 2.43. The summed E-state index contributed by atoms with van der Waals surface area (Å²) in [5, 5.41) is 0. The van der Waals surface area contributed by atoms with Gasteiger partial charge in [-0.05, 0) is 30.2 Å². The van der Waals surface area contributed by atoms with Gasteiger partial charge in [-0.25, -0.2) is 13.6 Å². The van der Waals surface area contributed by atoms with E-state index in [0.29, 0.717) is 5.56 Å². The Bertz CT molecular complexity index is 1350. The summed E-state index contributed by atoms with van der Waals surface area (Å²) in [5.74, 6) is -5.05. The first-order valence-corrected chi connectivity index (χ1v) is 11.4. The lowest BCUT2D eigenvalue weighted by molar-refractivity contribution is -0.143. The Hall–Kier alpha value is -4.01. The zero-order chi connectivity index (χ0) is 26.7. The molecule has 0 fully saturated rings. The highest BCUT2D eigenvalue weighted by molar-refractivity contribution is 5.96. The van der Waals surface area contributed by atoms with Crippen LogP contribution in [0.4, 0.5) is 22.0 Å². The molecule has 1 aliphatic rings. The second-order valence-electron chi connectivity index (χ2n) is 8.60. The van der Waals surface area contributed by atoms with Crippen molar-refractivity contribution in [1.82, 2.24) is 4.90 Å². The van der Waals surface area contributed by atoms with Crippen molar-refractivity contribution in [2.75, 3.05) is 0 Å². The van der Waals surface area contributed by atoms with E-state index in [1.54, 1.807) is 30.3 Å². The molecule has 4 rings (SSSR count). The van der Waals surface area contributed by atoms with Crippen molar-refractivity contribution in [1.29, 1.82) is 0 Å². The van der Waals surface area contributed by atoms with Gasteiger partial charge in [0.15, 0.2) is 11.6 Å². The molecule has 1 amide bonds. The molecule has 3 aromatic carbocycles. The van der Waals surface area contributed by atoms with Gasteiger partial charge in [-0.2, -0.15) is 13.2 Å². The van der Waals surface area contributed by atoms with Crippen LogP contribution in [0.3, 0.4) is 0 Å². The molecule has 1 atom stereocenters. The van der Waals surface area contributed by atoms with Gasteiger partial charge in [0, 0.05) is 23.6 Å². The Morgan fingerprint density at radius 3 is 2.35 bits per heavy atom. The molecule has 0 aliphatic carbocycles. The quantitative estimate of drug-likeness (QED) is 0.278. The number of esters is 1. The number of rotatable bonds is 6. The molecule has 1 aliphatic heterocycles. The Labute approximate surface area is 210 Å². The summed E-state index contributed by atoms with van der Waals surface area (Å²) < 4.78 is 75.1. The van der Waals surface area contributed by atoms with E-state index in [1.807, 2.05) is 0 Å². The fourth-order valence-electron chi connectivity index (χ4n) is 4.43. The van der Waals surface area contributed by atoms with Crippen LogP contribution >= 0.6 is 0 Å². The van der Waals surface area contributed by atoms with Crippen molar-refractivity contribution in [3.8, 4) is 0 Å². The maximum atomic E-state index is 14.4. The maximum absolute atomic E-state index is 14.4. The van der Waals surface area contributed by atoms with Crippen LogP contribution in [-0.2, 0) is 33.7 Å². The molecule has 0 radical (unpaired) electrons. The molecule has 37 heavy (non-hydrogen) atoms. The van der Waals surface area contributed by atoms with Gasteiger partial charge in [-0.1, -0.05) is 60.7 Å². The SMILES string of the molecule is CC1=C(C(=O)OCc2ccccc2)[C@H](c2ccccc2C(F)(F)F)CC(=O)N1Cc1cccc(F)c1F. The molecular formula is C28H22F5NO3. The molecule has 0 N–H and O–H groups in total. The smallest absolute Gasteiger partial charge is 0.416 e. The number of hydrogen-bond acceptors (Lipinski definition) is 3. The summed E-state index contributed by atoms with van der Waals surface area (Å²) in [6.45, 7) is 0.838. The average molecular weight is 515 g/mol. The van der Waals surface area contributed by atoms with Gasteiger partial charge in [0.25, 0.3) is 0 Å². The highest BCUT2D eigenvalue weighted by atomic mass is 19.4. The number of alkyl halides is 3. The lowest BCUT2D eigenvalue weighted by Crippen LogP contribution is -2.38. The van der Waals surface area contributed by atoms with Gasteiger partial charge in [0.05, 0.1) is 17.7 Å². The van der Waals surface area contributed by atoms with E-state index in [4.69, 9.17) is 4.74 Å². The average Bonchev–Trinajstić information content (AvgIpc) is 2.87. The number of carbonyl (C=O) groups is 2. The number of benzene rings is 3. The van der Waals surface area contributed by atoms with E-state index >= 15 is 0 Å². The summed E-state index contributed by atoms with van der Waals surface area (Å²) in [5.41, 5.74) is -0.834. The number of amides is 1. The molecule has 0 spiro atoms. The molecule has 9 heteroatoms. The lowest BCUT2D eigenvalue weighted by atomic mass is 9.81. The van der Waals surface area contributed by atoms with E-state index in [-0.39, 0.29) is 29.0 Å². The number of hydrogen-bond donors (Lipinski definition) is 0. The van der Waals surface area contributed by atoms with E-state index in [9.17, 15) is 31.5 Å². The van der Waals surface area contributed by atoms with Gasteiger partial charge < -0.3 is 9.64 Å². The number of allylic oxidation sites excluding steroid dienone is 1. The molecular weight excluding hydrogens is 493 g/mol. The number of nitrogens with zero attached hydrogens (tertiary/aromatic N) is 1. The predicted octanol–water partition coefficient (Wildman–Crippen LogP) is 6.52. The second kappa shape index (κ2) is 10.5. The van der Waals surface area contributed by atoms with Crippen molar-refractivity contribution < 1.29 is 36.3 Å². The molecule has 0 unspecified atom stereocenters. The molecule has 0 saturated carbocycles. The first kappa shape index (κ1) is 26.1. The van der Waals surface area contributed by atoms with Gasteiger partial charge >= 0.3 is 12.1 Å². The van der Waals surface area contributed by atoms with Crippen molar-refractivity contribution in [2.24, 2.45) is 0 Å². The molecule has 0 aromatic heterocycles. The Morgan fingerprint density at radius 2 is 1.65 bits per heavy atom. The summed E-state index contributed by atoms with van der Waals surface area (Å²) in [4.78, 5) is 27.5. The van der Waals surface area contributed by atoms with Crippen LogP contribution in [0.2, 0.25) is 0 Å². The highest BCUT2D eigenvalue weighted by Gasteiger charge is 2.42. The number of carbonyl (C=O) groups excluding carboxylic acids is 2. The van der Waals surface area contributed by atoms with Crippen molar-refractivity contribution in [2.45, 2.75) is 38.6 Å². The van der Waals surface area contributed by atoms with Crippen molar-refractivity contribution >= 4 is 11.9 Å². The van der Waals surface area contributed by atoms with Gasteiger partial charge in [-0.15, -0.1) is 0 Å². The van der Waals surface area contributed by atoms with Gasteiger partial charge in [-0.3, -0.25) is 4.79 Å². The van der Waals surface area contributed by atoms with Crippen LogP contribution in [0.5, 0.6) is 0 Å². The first-order chi connectivity index (χ1) is 17.6. The molecule has 0 saturated heterocycles. The van der Waals surface area contributed by atoms with Gasteiger partial charge in [0.1, 0.15) is 6.61 Å². The fourth-order valence-corrected chi connectivity index (χ4v) is 4.43. The Morgan fingerprint density at radius 1 is 0.973 bits per heavy atom. The largest absolute Gasteiger partial charge is 0.457 e. The monoisotopic (exact) mass is 515 g/mol. The third kappa shape index (κ3) is 5.55. The lowest BCUT2D eigenvalue weighted by Gasteiger charge is -2.35. The summed E-state index contributed by atoms with van der Waals surface area (Å²) in [6.07, 6.45) is -5.22. The third-order valence-electron chi connectivity index (χ3n) is 6.26. The Balaban J connectivity index is 1.78. The minimum Gasteiger partial charge on any atom is -0.457 e. The summed E-state index contributed by atoms with van der Waals surface area (Å²) in [6, 6.07) is 16.9. The molecule has 0 bridgehead atoms.